The van der Waals surface area contributed by atoms with Gasteiger partial charge in [-0.15, -0.1) is 0 Å². The van der Waals surface area contributed by atoms with E-state index in [1.165, 1.54) is 76.1 Å². The molecule has 7 aromatic rings. The van der Waals surface area contributed by atoms with Crippen molar-refractivity contribution in [1.82, 2.24) is 0 Å². The van der Waals surface area contributed by atoms with Crippen LogP contribution in [0.5, 0.6) is 0 Å². The zero-order valence-electron chi connectivity index (χ0n) is 16.2. The van der Waals surface area contributed by atoms with Crippen molar-refractivity contribution in [3.05, 3.63) is 97.1 Å². The van der Waals surface area contributed by atoms with Gasteiger partial charge in [-0.1, -0.05) is 91.0 Å². The molecule has 1 aliphatic rings. The lowest BCUT2D eigenvalue weighted by molar-refractivity contribution is 1.70. The Bertz CT molecular complexity index is 1810. The number of fused-ring (bicyclic) bond motifs is 7. The van der Waals surface area contributed by atoms with Gasteiger partial charge in [-0.25, -0.2) is 0 Å². The highest BCUT2D eigenvalue weighted by Gasteiger charge is 2.24. The molecule has 30 heavy (non-hydrogen) atoms. The van der Waals surface area contributed by atoms with Crippen LogP contribution in [-0.2, 0) is 0 Å². The van der Waals surface area contributed by atoms with Gasteiger partial charge in [-0.05, 0) is 82.2 Å². The fraction of sp³-hybridized carbons (Fsp3) is 0. The van der Waals surface area contributed by atoms with Gasteiger partial charge in [-0.3, -0.25) is 0 Å². The van der Waals surface area contributed by atoms with Crippen LogP contribution in [0.3, 0.4) is 0 Å². The average molecular weight is 376 g/mol. The number of benzene rings is 7. The second-order valence-electron chi connectivity index (χ2n) is 8.49. The van der Waals surface area contributed by atoms with Crippen molar-refractivity contribution in [3.63, 3.8) is 0 Å². The van der Waals surface area contributed by atoms with Gasteiger partial charge in [0.25, 0.3) is 0 Å². The van der Waals surface area contributed by atoms with Crippen LogP contribution in [0.25, 0.3) is 76.1 Å². The van der Waals surface area contributed by atoms with Crippen LogP contribution in [0.4, 0.5) is 0 Å². The van der Waals surface area contributed by atoms with Crippen LogP contribution in [0.2, 0.25) is 0 Å². The Morgan fingerprint density at radius 1 is 0.300 bits per heavy atom. The largest absolute Gasteiger partial charge is 0.0616 e. The quantitative estimate of drug-likeness (QED) is 0.184. The molecule has 1 aliphatic carbocycles. The van der Waals surface area contributed by atoms with Crippen LogP contribution in [0.15, 0.2) is 97.1 Å². The first kappa shape index (κ1) is 15.0. The molecule has 7 aromatic carbocycles. The molecule has 0 bridgehead atoms. The SMILES string of the molecule is c1ccc2c(c1)-c1ccc3c4cccc5cc6ccccc6c(c6ccc-2c1c36)c54. The van der Waals surface area contributed by atoms with Crippen LogP contribution in [0.1, 0.15) is 0 Å². The Morgan fingerprint density at radius 2 is 0.900 bits per heavy atom. The third-order valence-electron chi connectivity index (χ3n) is 7.12. The number of rotatable bonds is 0. The van der Waals surface area contributed by atoms with Gasteiger partial charge in [0.1, 0.15) is 0 Å². The fourth-order valence-electron chi connectivity index (χ4n) is 5.96. The van der Waals surface area contributed by atoms with Crippen molar-refractivity contribution in [2.75, 3.05) is 0 Å². The molecule has 0 heterocycles. The van der Waals surface area contributed by atoms with E-state index in [1.54, 1.807) is 0 Å². The monoisotopic (exact) mass is 376 g/mol. The Morgan fingerprint density at radius 3 is 1.73 bits per heavy atom. The molecule has 0 amide bonds. The smallest absolute Gasteiger partial charge is 0.00137 e. The summed E-state index contributed by atoms with van der Waals surface area (Å²) >= 11 is 0. The molecule has 136 valence electrons. The summed E-state index contributed by atoms with van der Waals surface area (Å²) in [5.74, 6) is 0. The van der Waals surface area contributed by atoms with Crippen LogP contribution >= 0.6 is 0 Å². The van der Waals surface area contributed by atoms with Gasteiger partial charge in [0.15, 0.2) is 0 Å². The molecule has 0 N–H and O–H groups in total. The zero-order chi connectivity index (χ0) is 19.4. The first-order chi connectivity index (χ1) is 14.9. The number of hydrogen-bond acceptors (Lipinski definition) is 0. The molecule has 0 saturated carbocycles. The molecule has 0 nitrogen and oxygen atoms in total. The molecule has 0 aromatic heterocycles. The van der Waals surface area contributed by atoms with Gasteiger partial charge < -0.3 is 0 Å². The molecule has 0 aliphatic heterocycles. The van der Waals surface area contributed by atoms with E-state index in [0.717, 1.165) is 0 Å². The lowest BCUT2D eigenvalue weighted by Crippen LogP contribution is -1.89. The Hall–Kier alpha value is -3.90. The van der Waals surface area contributed by atoms with E-state index in [0.29, 0.717) is 0 Å². The topological polar surface area (TPSA) is 0 Å². The molecule has 0 saturated heterocycles. The fourth-order valence-corrected chi connectivity index (χ4v) is 5.96. The maximum Gasteiger partial charge on any atom is -0.00137 e. The molecule has 0 heteroatoms. The summed E-state index contributed by atoms with van der Waals surface area (Å²) in [6, 6.07) is 36.2. The minimum atomic E-state index is 1.31. The Labute approximate surface area is 173 Å². The summed E-state index contributed by atoms with van der Waals surface area (Å²) < 4.78 is 0. The van der Waals surface area contributed by atoms with Crippen molar-refractivity contribution in [1.29, 1.82) is 0 Å². The van der Waals surface area contributed by atoms with Gasteiger partial charge >= 0.3 is 0 Å². The number of hydrogen-bond donors (Lipinski definition) is 0. The van der Waals surface area contributed by atoms with Crippen molar-refractivity contribution < 1.29 is 0 Å². The van der Waals surface area contributed by atoms with E-state index in [9.17, 15) is 0 Å². The van der Waals surface area contributed by atoms with E-state index in [-0.39, 0.29) is 0 Å². The lowest BCUT2D eigenvalue weighted by Gasteiger charge is -2.17. The summed E-state index contributed by atoms with van der Waals surface area (Å²) in [7, 11) is 0. The predicted molar refractivity (Wildman–Crippen MR) is 130 cm³/mol. The predicted octanol–water partition coefficient (Wildman–Crippen LogP) is 8.54. The molecule has 8 rings (SSSR count). The maximum atomic E-state index is 2.37. The third-order valence-corrected chi connectivity index (χ3v) is 7.12. The van der Waals surface area contributed by atoms with Crippen LogP contribution in [-0.4, -0.2) is 0 Å². The van der Waals surface area contributed by atoms with Crippen LogP contribution in [0, 0.1) is 0 Å². The van der Waals surface area contributed by atoms with Crippen LogP contribution < -0.4 is 0 Å². The minimum absolute atomic E-state index is 1.31. The Balaban J connectivity index is 1.76. The third kappa shape index (κ3) is 1.58. The maximum absolute atomic E-state index is 2.37. The van der Waals surface area contributed by atoms with E-state index < -0.39 is 0 Å². The molecule has 0 unspecified atom stereocenters. The second kappa shape index (κ2) is 4.98. The average Bonchev–Trinajstić information content (AvgIpc) is 3.14. The molecule has 0 spiro atoms. The molecule has 0 atom stereocenters. The van der Waals surface area contributed by atoms with Gasteiger partial charge in [-0.2, -0.15) is 0 Å². The summed E-state index contributed by atoms with van der Waals surface area (Å²) in [6.07, 6.45) is 0. The highest BCUT2D eigenvalue weighted by molar-refractivity contribution is 6.40. The van der Waals surface area contributed by atoms with Crippen molar-refractivity contribution >= 4 is 53.9 Å². The highest BCUT2D eigenvalue weighted by Crippen LogP contribution is 2.52. The zero-order valence-corrected chi connectivity index (χ0v) is 16.2. The van der Waals surface area contributed by atoms with E-state index in [4.69, 9.17) is 0 Å². The normalized spacial score (nSPS) is 12.7. The summed E-state index contributed by atoms with van der Waals surface area (Å²) in [5.41, 5.74) is 5.46. The van der Waals surface area contributed by atoms with E-state index in [2.05, 4.69) is 97.1 Å². The summed E-state index contributed by atoms with van der Waals surface area (Å²) in [6.45, 7) is 0. The first-order valence-electron chi connectivity index (χ1n) is 10.5. The van der Waals surface area contributed by atoms with E-state index in [1.807, 2.05) is 0 Å². The van der Waals surface area contributed by atoms with Gasteiger partial charge in [0.2, 0.25) is 0 Å². The molecule has 0 radical (unpaired) electrons. The summed E-state index contributed by atoms with van der Waals surface area (Å²) in [4.78, 5) is 0. The first-order valence-corrected chi connectivity index (χ1v) is 10.5. The van der Waals surface area contributed by atoms with Crippen molar-refractivity contribution in [2.45, 2.75) is 0 Å². The van der Waals surface area contributed by atoms with Crippen molar-refractivity contribution in [2.24, 2.45) is 0 Å². The molecular formula is C30H16. The second-order valence-corrected chi connectivity index (χ2v) is 8.49. The standard InChI is InChI=1S/C30H16/c1-2-8-19-17(6-1)16-18-7-5-11-22-25-13-12-23-20-9-3-4-10-21(20)24-14-15-26(28(19)27(18)22)30(25)29(23)24/h1-16H. The van der Waals surface area contributed by atoms with Crippen molar-refractivity contribution in [3.8, 4) is 22.3 Å². The molecule has 0 fully saturated rings. The molecular weight excluding hydrogens is 360 g/mol. The minimum Gasteiger partial charge on any atom is -0.0616 e. The lowest BCUT2D eigenvalue weighted by atomic mass is 9.86. The summed E-state index contributed by atoms with van der Waals surface area (Å²) in [5, 5.41) is 13.7. The Kier molecular flexibility index (Phi) is 2.49. The van der Waals surface area contributed by atoms with Gasteiger partial charge in [0, 0.05) is 0 Å². The highest BCUT2D eigenvalue weighted by atomic mass is 14.3. The van der Waals surface area contributed by atoms with E-state index >= 15 is 0 Å². The van der Waals surface area contributed by atoms with Gasteiger partial charge in [0.05, 0.1) is 0 Å².